The molecule has 1 aromatic carbocycles. The topological polar surface area (TPSA) is 114 Å². The van der Waals surface area contributed by atoms with Crippen molar-refractivity contribution in [2.45, 2.75) is 58.2 Å². The van der Waals surface area contributed by atoms with E-state index >= 15 is 0 Å². The quantitative estimate of drug-likeness (QED) is 0.470. The average Bonchev–Trinajstić information content (AvgIpc) is 2.86. The van der Waals surface area contributed by atoms with E-state index in [1.807, 2.05) is 26.1 Å². The first-order chi connectivity index (χ1) is 18.8. The van der Waals surface area contributed by atoms with Gasteiger partial charge in [-0.15, -0.1) is 10.2 Å². The number of carbonyl (C=O) groups excluding carboxylic acids is 1. The van der Waals surface area contributed by atoms with Crippen molar-refractivity contribution in [3.05, 3.63) is 59.4 Å². The van der Waals surface area contributed by atoms with Gasteiger partial charge in [0.2, 0.25) is 0 Å². The first-order valence-corrected chi connectivity index (χ1v) is 13.4. The number of hydrogen-bond acceptors (Lipinski definition) is 9. The third-order valence-electron chi connectivity index (χ3n) is 7.65. The maximum atomic E-state index is 14.8. The minimum atomic E-state index is -0.662. The highest BCUT2D eigenvalue weighted by atomic mass is 19.1. The molecular weight excluding hydrogens is 501 g/mol. The molecule has 2 aliphatic heterocycles. The first-order valence-electron chi connectivity index (χ1n) is 13.4. The van der Waals surface area contributed by atoms with Gasteiger partial charge in [0, 0.05) is 55.3 Å². The smallest absolute Gasteiger partial charge is 0.282 e. The summed E-state index contributed by atoms with van der Waals surface area (Å²) in [5.74, 6) is 0.172. The number of nitrogens with zero attached hydrogens (tertiary/aromatic N) is 5. The number of fused-ring (bicyclic) bond motifs is 1. The van der Waals surface area contributed by atoms with Gasteiger partial charge in [-0.3, -0.25) is 9.78 Å². The van der Waals surface area contributed by atoms with Crippen LogP contribution in [0.15, 0.2) is 36.8 Å². The molecule has 11 heteroatoms. The zero-order valence-corrected chi connectivity index (χ0v) is 22.3. The molecule has 1 atom stereocenters. The highest BCUT2D eigenvalue weighted by molar-refractivity contribution is 5.97. The summed E-state index contributed by atoms with van der Waals surface area (Å²) in [4.78, 5) is 23.6. The largest absolute Gasteiger partial charge is 0.490 e. The molecule has 1 saturated carbocycles. The van der Waals surface area contributed by atoms with Gasteiger partial charge in [0.25, 0.3) is 11.8 Å². The van der Waals surface area contributed by atoms with Gasteiger partial charge in [0.05, 0.1) is 11.3 Å². The van der Waals surface area contributed by atoms with Crippen molar-refractivity contribution in [2.75, 3.05) is 24.5 Å². The van der Waals surface area contributed by atoms with Crippen molar-refractivity contribution in [3.8, 4) is 17.4 Å². The van der Waals surface area contributed by atoms with Crippen LogP contribution < -0.4 is 25.0 Å². The van der Waals surface area contributed by atoms with E-state index in [0.29, 0.717) is 5.82 Å². The second-order valence-electron chi connectivity index (χ2n) is 11.0. The lowest BCUT2D eigenvalue weighted by atomic mass is 9.61. The molecule has 1 aliphatic carbocycles. The van der Waals surface area contributed by atoms with E-state index in [1.54, 1.807) is 0 Å². The van der Waals surface area contributed by atoms with E-state index in [2.05, 4.69) is 42.6 Å². The normalized spacial score (nSPS) is 19.7. The van der Waals surface area contributed by atoms with E-state index in [9.17, 15) is 9.18 Å². The zero-order chi connectivity index (χ0) is 27.1. The van der Waals surface area contributed by atoms with Crippen LogP contribution in [0.4, 0.5) is 10.2 Å². The third kappa shape index (κ3) is 4.87. The second kappa shape index (κ2) is 10.0. The van der Waals surface area contributed by atoms with E-state index in [4.69, 9.17) is 9.47 Å². The number of rotatable bonds is 7. The van der Waals surface area contributed by atoms with E-state index in [1.165, 1.54) is 30.1 Å². The van der Waals surface area contributed by atoms with Gasteiger partial charge in [0.15, 0.2) is 17.4 Å². The maximum Gasteiger partial charge on any atom is 0.282 e. The van der Waals surface area contributed by atoms with Crippen molar-refractivity contribution < 1.29 is 18.7 Å². The Morgan fingerprint density at radius 1 is 1.23 bits per heavy atom. The molecule has 6 rings (SSSR count). The van der Waals surface area contributed by atoms with Crippen molar-refractivity contribution in [2.24, 2.45) is 5.41 Å². The van der Waals surface area contributed by atoms with Gasteiger partial charge in [-0.25, -0.2) is 9.37 Å². The highest BCUT2D eigenvalue weighted by Crippen LogP contribution is 2.52. The Bertz CT molecular complexity index is 1390. The number of aromatic nitrogens is 4. The average molecular weight is 534 g/mol. The second-order valence-corrected chi connectivity index (χ2v) is 11.0. The van der Waals surface area contributed by atoms with Gasteiger partial charge in [-0.1, -0.05) is 6.07 Å². The molecule has 2 aromatic heterocycles. The molecule has 0 bridgehead atoms. The summed E-state index contributed by atoms with van der Waals surface area (Å²) in [6, 6.07) is 6.31. The number of para-hydroxylation sites is 1. The van der Waals surface area contributed by atoms with Gasteiger partial charge in [-0.2, -0.15) is 0 Å². The van der Waals surface area contributed by atoms with Gasteiger partial charge in [-0.05, 0) is 51.8 Å². The Morgan fingerprint density at radius 2 is 2.05 bits per heavy atom. The number of pyridine rings is 1. The molecule has 1 saturated heterocycles. The first kappa shape index (κ1) is 25.4. The molecule has 1 spiro atoms. The summed E-state index contributed by atoms with van der Waals surface area (Å²) in [6.45, 7) is 8.26. The van der Waals surface area contributed by atoms with E-state index in [0.717, 1.165) is 50.3 Å². The molecule has 4 heterocycles. The molecule has 10 nitrogen and oxygen atoms in total. The van der Waals surface area contributed by atoms with Crippen LogP contribution in [0.2, 0.25) is 0 Å². The molecule has 0 radical (unpaired) electrons. The fourth-order valence-corrected chi connectivity index (χ4v) is 5.88. The van der Waals surface area contributed by atoms with Crippen LogP contribution in [-0.4, -0.2) is 57.9 Å². The Morgan fingerprint density at radius 3 is 2.85 bits per heavy atom. The molecule has 39 heavy (non-hydrogen) atoms. The van der Waals surface area contributed by atoms with Crippen LogP contribution in [0, 0.1) is 11.2 Å². The summed E-state index contributed by atoms with van der Waals surface area (Å²) in [7, 11) is 0. The lowest BCUT2D eigenvalue weighted by Gasteiger charge is -2.58. The van der Waals surface area contributed by atoms with Crippen molar-refractivity contribution in [1.82, 2.24) is 30.8 Å². The van der Waals surface area contributed by atoms with Crippen LogP contribution >= 0.6 is 0 Å². The maximum absolute atomic E-state index is 14.8. The number of halogens is 1. The van der Waals surface area contributed by atoms with Gasteiger partial charge in [0.1, 0.15) is 18.2 Å². The lowest BCUT2D eigenvalue weighted by molar-refractivity contribution is -0.0351. The fourth-order valence-electron chi connectivity index (χ4n) is 5.88. The van der Waals surface area contributed by atoms with E-state index < -0.39 is 11.7 Å². The SMILES string of the molecule is CC(C)NC(=O)c1cccc(F)c1Oc1nncnc1N1CC2(CC(Oc3ccnc4c3C(C)NCC4)C2)C1. The van der Waals surface area contributed by atoms with Crippen LogP contribution in [0.25, 0.3) is 0 Å². The Balaban J connectivity index is 1.12. The van der Waals surface area contributed by atoms with Crippen molar-refractivity contribution in [3.63, 3.8) is 0 Å². The minimum absolute atomic E-state index is 0.0630. The summed E-state index contributed by atoms with van der Waals surface area (Å²) in [5.41, 5.74) is 2.50. The zero-order valence-electron chi connectivity index (χ0n) is 22.3. The molecule has 2 fully saturated rings. The molecular formula is C28H32FN7O3. The predicted molar refractivity (Wildman–Crippen MR) is 142 cm³/mol. The van der Waals surface area contributed by atoms with Crippen molar-refractivity contribution in [1.29, 1.82) is 0 Å². The van der Waals surface area contributed by atoms with Crippen LogP contribution in [0.3, 0.4) is 0 Å². The number of anilines is 1. The van der Waals surface area contributed by atoms with Crippen LogP contribution in [-0.2, 0) is 6.42 Å². The third-order valence-corrected chi connectivity index (χ3v) is 7.65. The Kier molecular flexibility index (Phi) is 6.54. The molecule has 2 N–H and O–H groups in total. The van der Waals surface area contributed by atoms with Crippen LogP contribution in [0.5, 0.6) is 17.4 Å². The highest BCUT2D eigenvalue weighted by Gasteiger charge is 2.54. The number of carbonyl (C=O) groups is 1. The number of hydrogen-bond donors (Lipinski definition) is 2. The summed E-state index contributed by atoms with van der Waals surface area (Å²) < 4.78 is 27.1. The predicted octanol–water partition coefficient (Wildman–Crippen LogP) is 3.59. The van der Waals surface area contributed by atoms with Gasteiger partial charge < -0.3 is 25.0 Å². The van der Waals surface area contributed by atoms with Gasteiger partial charge >= 0.3 is 0 Å². The standard InChI is InChI=1S/C28H32FN7O3/c1-16(2)34-26(37)19-5-4-6-20(29)24(19)39-27-25(32-15-33-35-27)36-13-28(14-36)11-18(12-28)38-22-8-10-31-21-7-9-30-17(3)23(21)22/h4-6,8,10,15-18,30H,7,9,11-14H2,1-3H3,(H,34,37). The number of benzene rings is 1. The summed E-state index contributed by atoms with van der Waals surface area (Å²) in [6.07, 6.45) is 6.10. The molecule has 1 amide bonds. The Hall–Kier alpha value is -3.86. The summed E-state index contributed by atoms with van der Waals surface area (Å²) >= 11 is 0. The van der Waals surface area contributed by atoms with Crippen LogP contribution in [0.1, 0.15) is 61.3 Å². The van der Waals surface area contributed by atoms with E-state index in [-0.39, 0.29) is 40.8 Å². The molecule has 204 valence electrons. The Labute approximate surface area is 226 Å². The molecule has 3 aromatic rings. The van der Waals surface area contributed by atoms with Crippen molar-refractivity contribution >= 4 is 11.7 Å². The molecule has 3 aliphatic rings. The lowest BCUT2D eigenvalue weighted by Crippen LogP contribution is -2.65. The number of amides is 1. The molecule has 1 unspecified atom stereocenters. The fraction of sp³-hybridized carbons (Fsp3) is 0.464. The number of ether oxygens (including phenoxy) is 2. The summed E-state index contributed by atoms with van der Waals surface area (Å²) in [5, 5.41) is 14.2. The minimum Gasteiger partial charge on any atom is -0.490 e. The number of nitrogens with one attached hydrogen (secondary N) is 2. The monoisotopic (exact) mass is 533 g/mol.